The molecule has 0 saturated heterocycles. The zero-order valence-corrected chi connectivity index (χ0v) is 11.2. The maximum Gasteiger partial charge on any atom is 0.241 e. The Morgan fingerprint density at radius 2 is 2.15 bits per heavy atom. The van der Waals surface area contributed by atoms with Crippen LogP contribution in [0.3, 0.4) is 0 Å². The van der Waals surface area contributed by atoms with Crippen LogP contribution in [0.25, 0.3) is 5.57 Å². The molecule has 6 rings (SSSR count). The summed E-state index contributed by atoms with van der Waals surface area (Å²) in [6, 6.07) is 6.74. The molecule has 1 aromatic heterocycles. The summed E-state index contributed by atoms with van der Waals surface area (Å²) in [7, 11) is 0. The van der Waals surface area contributed by atoms with Gasteiger partial charge in [-0.1, -0.05) is 17.3 Å². The molecule has 0 spiro atoms. The Kier molecular flexibility index (Phi) is 1.83. The van der Waals surface area contributed by atoms with Crippen LogP contribution in [0.5, 0.6) is 0 Å². The normalized spacial score (nSPS) is 32.5. The van der Waals surface area contributed by atoms with Crippen molar-refractivity contribution in [3.63, 3.8) is 0 Å². The van der Waals surface area contributed by atoms with Gasteiger partial charge in [0.25, 0.3) is 0 Å². The summed E-state index contributed by atoms with van der Waals surface area (Å²) in [5.74, 6) is 2.52. The Balaban J connectivity index is 1.55. The zero-order valence-electron chi connectivity index (χ0n) is 10.4. The van der Waals surface area contributed by atoms with Crippen molar-refractivity contribution in [2.45, 2.75) is 17.7 Å². The third kappa shape index (κ3) is 1.09. The number of fused-ring (bicyclic) bond motifs is 1. The van der Waals surface area contributed by atoms with Gasteiger partial charge in [-0.25, -0.2) is 4.39 Å². The molecule has 4 aliphatic rings. The monoisotopic (exact) mass is 288 g/mol. The highest BCUT2D eigenvalue weighted by Gasteiger charge is 2.89. The summed E-state index contributed by atoms with van der Waals surface area (Å²) < 4.78 is 18.1. The summed E-state index contributed by atoms with van der Waals surface area (Å²) >= 11 is 5.71. The molecule has 0 radical (unpaired) electrons. The fourth-order valence-electron chi connectivity index (χ4n) is 4.01. The molecule has 20 heavy (non-hydrogen) atoms. The molecule has 3 nitrogen and oxygen atoms in total. The van der Waals surface area contributed by atoms with E-state index in [0.29, 0.717) is 17.7 Å². The Bertz CT molecular complexity index is 766. The van der Waals surface area contributed by atoms with E-state index in [0.717, 1.165) is 17.8 Å². The van der Waals surface area contributed by atoms with E-state index in [-0.39, 0.29) is 17.1 Å². The first kappa shape index (κ1) is 11.0. The van der Waals surface area contributed by atoms with Gasteiger partial charge >= 0.3 is 0 Å². The van der Waals surface area contributed by atoms with E-state index in [1.165, 1.54) is 23.3 Å². The van der Waals surface area contributed by atoms with E-state index in [2.05, 4.69) is 10.1 Å². The van der Waals surface area contributed by atoms with Crippen LogP contribution >= 0.6 is 11.6 Å². The third-order valence-electron chi connectivity index (χ3n) is 4.94. The van der Waals surface area contributed by atoms with Crippen LogP contribution in [-0.2, 0) is 11.3 Å². The Hall–Kier alpha value is -1.68. The number of rotatable bonds is 3. The van der Waals surface area contributed by atoms with Crippen molar-refractivity contribution in [3.8, 4) is 0 Å². The molecule has 0 N–H and O–H groups in total. The maximum absolute atomic E-state index is 13.0. The van der Waals surface area contributed by atoms with Crippen molar-refractivity contribution in [2.24, 2.45) is 11.8 Å². The molecule has 1 heterocycles. The fraction of sp³-hybridized carbons (Fsp3) is 0.333. The summed E-state index contributed by atoms with van der Waals surface area (Å²) in [5, 5.41) is 4.08. The predicted molar refractivity (Wildman–Crippen MR) is 70.5 cm³/mol. The van der Waals surface area contributed by atoms with Crippen molar-refractivity contribution in [2.75, 3.05) is 0 Å². The maximum atomic E-state index is 13.0. The molecule has 0 aliphatic heterocycles. The van der Waals surface area contributed by atoms with Crippen molar-refractivity contribution in [3.05, 3.63) is 52.9 Å². The second kappa shape index (κ2) is 3.31. The zero-order chi connectivity index (χ0) is 13.5. The smallest absolute Gasteiger partial charge is 0.241 e. The highest BCUT2D eigenvalue weighted by atomic mass is 35.5. The first-order valence-electron chi connectivity index (χ1n) is 6.65. The second-order valence-corrected chi connectivity index (χ2v) is 5.97. The highest BCUT2D eigenvalue weighted by Crippen LogP contribution is 2.90. The lowest BCUT2D eigenvalue weighted by molar-refractivity contribution is 0.382. The summed E-state index contributed by atoms with van der Waals surface area (Å²) in [6.07, 6.45) is 1.04. The van der Waals surface area contributed by atoms with Gasteiger partial charge in [-0.05, 0) is 41.2 Å². The van der Waals surface area contributed by atoms with Crippen molar-refractivity contribution in [1.82, 2.24) is 10.1 Å². The number of alkyl halides is 1. The fourth-order valence-corrected chi connectivity index (χ4v) is 4.12. The average Bonchev–Trinajstić information content (AvgIpc) is 3.04. The molecule has 4 aliphatic carbocycles. The molecule has 2 aromatic rings. The van der Waals surface area contributed by atoms with Gasteiger partial charge < -0.3 is 4.52 Å². The van der Waals surface area contributed by atoms with Crippen molar-refractivity contribution < 1.29 is 8.91 Å². The topological polar surface area (TPSA) is 38.9 Å². The van der Waals surface area contributed by atoms with Crippen LogP contribution in [-0.4, -0.2) is 10.1 Å². The van der Waals surface area contributed by atoms with E-state index in [4.69, 9.17) is 16.1 Å². The molecule has 100 valence electrons. The van der Waals surface area contributed by atoms with E-state index in [1.807, 2.05) is 12.1 Å². The molecule has 3 atom stereocenters. The van der Waals surface area contributed by atoms with E-state index >= 15 is 0 Å². The first-order valence-corrected chi connectivity index (χ1v) is 7.18. The lowest BCUT2D eigenvalue weighted by Crippen LogP contribution is -2.02. The number of halogens is 2. The Labute approximate surface area is 119 Å². The van der Waals surface area contributed by atoms with E-state index in [9.17, 15) is 4.39 Å². The Morgan fingerprint density at radius 3 is 2.80 bits per heavy atom. The van der Waals surface area contributed by atoms with Crippen molar-refractivity contribution >= 4 is 17.2 Å². The van der Waals surface area contributed by atoms with Gasteiger partial charge in [-0.3, -0.25) is 0 Å². The largest absolute Gasteiger partial charge is 0.338 e. The number of hydrogen-bond acceptors (Lipinski definition) is 3. The molecule has 0 unspecified atom stereocenters. The molecular formula is C15H10ClFN2O. The molecule has 2 fully saturated rings. The quantitative estimate of drug-likeness (QED) is 0.814. The molecule has 2 saturated carbocycles. The van der Waals surface area contributed by atoms with Gasteiger partial charge in [0.15, 0.2) is 5.82 Å². The van der Waals surface area contributed by atoms with Crippen LogP contribution < -0.4 is 0 Å². The molecule has 5 heteroatoms. The summed E-state index contributed by atoms with van der Waals surface area (Å²) in [4.78, 5) is 4.38. The van der Waals surface area contributed by atoms with Crippen LogP contribution in [0.15, 0.2) is 34.4 Å². The van der Waals surface area contributed by atoms with Crippen LogP contribution in [0, 0.1) is 17.7 Å². The molecular weight excluding hydrogens is 279 g/mol. The highest BCUT2D eigenvalue weighted by molar-refractivity contribution is 6.16. The van der Waals surface area contributed by atoms with Gasteiger partial charge in [0.2, 0.25) is 5.89 Å². The van der Waals surface area contributed by atoms with E-state index < -0.39 is 0 Å². The molecule has 0 amide bonds. The van der Waals surface area contributed by atoms with Gasteiger partial charge in [-0.15, -0.1) is 11.6 Å². The SMILES string of the molecule is Fc1ccc(C2=C3[C@H]4[C@@H](C2)[C@]34c2noc(CCl)n2)cc1. The average molecular weight is 289 g/mol. The van der Waals surface area contributed by atoms with Crippen LogP contribution in [0.4, 0.5) is 4.39 Å². The minimum absolute atomic E-state index is 0.0392. The standard InChI is InChI=1S/C15H10ClFN2O/c16-6-11-18-14(19-20-11)15-10-5-9(12(15)13(10)15)7-1-3-8(17)4-2-7/h1-4,10,13H,5-6H2/t10-,13-,15+/m1/s1. The van der Waals surface area contributed by atoms with Crippen LogP contribution in [0.2, 0.25) is 0 Å². The van der Waals surface area contributed by atoms with Gasteiger partial charge in [0.05, 0.1) is 5.41 Å². The predicted octanol–water partition coefficient (Wildman–Crippen LogP) is 3.30. The lowest BCUT2D eigenvalue weighted by Gasteiger charge is -2.00. The Morgan fingerprint density at radius 1 is 1.35 bits per heavy atom. The number of hydrogen-bond donors (Lipinski definition) is 0. The summed E-state index contributed by atoms with van der Waals surface area (Å²) in [6.45, 7) is 0. The molecule has 1 aromatic carbocycles. The number of benzene rings is 1. The first-order chi connectivity index (χ1) is 9.76. The minimum Gasteiger partial charge on any atom is -0.338 e. The number of nitrogens with zero attached hydrogens (tertiary/aromatic N) is 2. The van der Waals surface area contributed by atoms with Crippen molar-refractivity contribution in [1.29, 1.82) is 0 Å². The van der Waals surface area contributed by atoms with E-state index in [1.54, 1.807) is 0 Å². The molecule has 2 bridgehead atoms. The lowest BCUT2D eigenvalue weighted by atomic mass is 10.1. The number of allylic oxidation sites excluding steroid dienone is 2. The van der Waals surface area contributed by atoms with Gasteiger partial charge in [0.1, 0.15) is 11.7 Å². The van der Waals surface area contributed by atoms with Gasteiger partial charge in [0, 0.05) is 5.92 Å². The van der Waals surface area contributed by atoms with Gasteiger partial charge in [-0.2, -0.15) is 4.98 Å². The summed E-state index contributed by atoms with van der Waals surface area (Å²) in [5.41, 5.74) is 3.93. The minimum atomic E-state index is -0.198. The number of aromatic nitrogens is 2. The van der Waals surface area contributed by atoms with Crippen LogP contribution in [0.1, 0.15) is 23.7 Å². The third-order valence-corrected chi connectivity index (χ3v) is 5.16. The second-order valence-electron chi connectivity index (χ2n) is 5.70.